The van der Waals surface area contributed by atoms with Gasteiger partial charge in [-0.05, 0) is 55.6 Å². The number of hydrogen-bond acceptors (Lipinski definition) is 1. The predicted molar refractivity (Wildman–Crippen MR) is 51.0 cm³/mol. The average molecular weight is 197 g/mol. The minimum atomic E-state index is -0.354. The average Bonchev–Trinajstić information content (AvgIpc) is 2.64. The molecule has 0 aliphatic carbocycles. The summed E-state index contributed by atoms with van der Waals surface area (Å²) in [7, 11) is 0. The second kappa shape index (κ2) is 4.05. The zero-order valence-corrected chi connectivity index (χ0v) is 7.89. The summed E-state index contributed by atoms with van der Waals surface area (Å²) < 4.78 is 26.1. The fourth-order valence-electron chi connectivity index (χ4n) is 1.90. The first-order chi connectivity index (χ1) is 6.75. The molecular formula is C11H13F2N. The number of rotatable bonds is 2. The van der Waals surface area contributed by atoms with E-state index in [1.807, 2.05) is 0 Å². The Morgan fingerprint density at radius 2 is 2.21 bits per heavy atom. The van der Waals surface area contributed by atoms with E-state index >= 15 is 0 Å². The molecular weight excluding hydrogens is 184 g/mol. The van der Waals surface area contributed by atoms with Crippen LogP contribution < -0.4 is 5.32 Å². The molecule has 1 heterocycles. The third kappa shape index (κ3) is 2.10. The van der Waals surface area contributed by atoms with Gasteiger partial charge >= 0.3 is 0 Å². The van der Waals surface area contributed by atoms with Crippen LogP contribution in [0.5, 0.6) is 0 Å². The lowest BCUT2D eigenvalue weighted by Crippen LogP contribution is -2.11. The van der Waals surface area contributed by atoms with E-state index in [2.05, 4.69) is 5.32 Å². The zero-order valence-electron chi connectivity index (χ0n) is 7.89. The number of halogens is 2. The first-order valence-corrected chi connectivity index (χ1v) is 4.90. The van der Waals surface area contributed by atoms with Gasteiger partial charge in [0.1, 0.15) is 11.6 Å². The highest BCUT2D eigenvalue weighted by atomic mass is 19.1. The molecule has 1 aromatic rings. The van der Waals surface area contributed by atoms with Crippen molar-refractivity contribution in [2.45, 2.75) is 12.8 Å². The largest absolute Gasteiger partial charge is 0.316 e. The molecule has 0 amide bonds. The highest BCUT2D eigenvalue weighted by Crippen LogP contribution is 2.18. The molecule has 2 rings (SSSR count). The van der Waals surface area contributed by atoms with Crippen LogP contribution in [0, 0.1) is 17.6 Å². The molecule has 1 N–H and O–H groups in total. The van der Waals surface area contributed by atoms with E-state index in [-0.39, 0.29) is 11.6 Å². The Labute approximate surface area is 82.1 Å². The van der Waals surface area contributed by atoms with Crippen LogP contribution in [0.4, 0.5) is 8.78 Å². The van der Waals surface area contributed by atoms with Gasteiger partial charge in [-0.3, -0.25) is 0 Å². The van der Waals surface area contributed by atoms with Gasteiger partial charge in [0.15, 0.2) is 0 Å². The lowest BCUT2D eigenvalue weighted by molar-refractivity contribution is 0.534. The molecule has 1 aliphatic rings. The Morgan fingerprint density at radius 1 is 1.36 bits per heavy atom. The summed E-state index contributed by atoms with van der Waals surface area (Å²) in [4.78, 5) is 0. The van der Waals surface area contributed by atoms with Crippen molar-refractivity contribution < 1.29 is 8.78 Å². The van der Waals surface area contributed by atoms with Gasteiger partial charge in [0.25, 0.3) is 0 Å². The summed E-state index contributed by atoms with van der Waals surface area (Å²) in [5.41, 5.74) is 0.499. The van der Waals surface area contributed by atoms with Crippen molar-refractivity contribution in [3.63, 3.8) is 0 Å². The Morgan fingerprint density at radius 3 is 2.93 bits per heavy atom. The standard InChI is InChI=1S/C11H13F2N/c12-10-1-2-11(13)9(6-10)5-8-3-4-14-7-8/h1-2,6,8,14H,3-5,7H2. The lowest BCUT2D eigenvalue weighted by atomic mass is 9.98. The summed E-state index contributed by atoms with van der Waals surface area (Å²) in [6.45, 7) is 1.90. The van der Waals surface area contributed by atoms with E-state index in [4.69, 9.17) is 0 Å². The molecule has 0 bridgehead atoms. The van der Waals surface area contributed by atoms with Crippen molar-refractivity contribution in [1.82, 2.24) is 5.32 Å². The van der Waals surface area contributed by atoms with Gasteiger partial charge in [-0.1, -0.05) is 0 Å². The van der Waals surface area contributed by atoms with Crippen LogP contribution in [-0.2, 0) is 6.42 Å². The zero-order chi connectivity index (χ0) is 9.97. The maximum absolute atomic E-state index is 13.2. The maximum atomic E-state index is 13.2. The van der Waals surface area contributed by atoms with Crippen molar-refractivity contribution in [3.8, 4) is 0 Å². The Kier molecular flexibility index (Phi) is 2.77. The van der Waals surface area contributed by atoms with Crippen LogP contribution in [-0.4, -0.2) is 13.1 Å². The van der Waals surface area contributed by atoms with E-state index in [1.165, 1.54) is 12.1 Å². The van der Waals surface area contributed by atoms with Crippen LogP contribution in [0.3, 0.4) is 0 Å². The van der Waals surface area contributed by atoms with Crippen LogP contribution in [0.2, 0.25) is 0 Å². The van der Waals surface area contributed by atoms with Crippen molar-refractivity contribution in [3.05, 3.63) is 35.4 Å². The molecule has 1 saturated heterocycles. The fourth-order valence-corrected chi connectivity index (χ4v) is 1.90. The molecule has 76 valence electrons. The normalized spacial score (nSPS) is 21.4. The second-order valence-electron chi connectivity index (χ2n) is 3.80. The van der Waals surface area contributed by atoms with Crippen molar-refractivity contribution in [2.24, 2.45) is 5.92 Å². The SMILES string of the molecule is Fc1ccc(F)c(CC2CCNC2)c1. The van der Waals surface area contributed by atoms with Gasteiger partial charge in [-0.2, -0.15) is 0 Å². The quantitative estimate of drug-likeness (QED) is 0.765. The van der Waals surface area contributed by atoms with Crippen LogP contribution in [0.25, 0.3) is 0 Å². The van der Waals surface area contributed by atoms with Crippen LogP contribution >= 0.6 is 0 Å². The molecule has 0 saturated carbocycles. The highest BCUT2D eigenvalue weighted by molar-refractivity contribution is 5.19. The van der Waals surface area contributed by atoms with Crippen molar-refractivity contribution >= 4 is 0 Å². The molecule has 0 radical (unpaired) electrons. The Balaban J connectivity index is 2.10. The van der Waals surface area contributed by atoms with Gasteiger partial charge in [-0.15, -0.1) is 0 Å². The second-order valence-corrected chi connectivity index (χ2v) is 3.80. The van der Waals surface area contributed by atoms with Gasteiger partial charge in [0.2, 0.25) is 0 Å². The fraction of sp³-hybridized carbons (Fsp3) is 0.455. The van der Waals surface area contributed by atoms with Crippen molar-refractivity contribution in [1.29, 1.82) is 0 Å². The smallest absolute Gasteiger partial charge is 0.126 e. The molecule has 1 aromatic carbocycles. The molecule has 0 aromatic heterocycles. The molecule has 1 atom stereocenters. The lowest BCUT2D eigenvalue weighted by Gasteiger charge is -2.08. The van der Waals surface area contributed by atoms with E-state index in [0.29, 0.717) is 17.9 Å². The topological polar surface area (TPSA) is 12.0 Å². The van der Waals surface area contributed by atoms with E-state index < -0.39 is 0 Å². The van der Waals surface area contributed by atoms with E-state index in [1.54, 1.807) is 0 Å². The first kappa shape index (κ1) is 9.59. The van der Waals surface area contributed by atoms with Crippen molar-refractivity contribution in [2.75, 3.05) is 13.1 Å². The van der Waals surface area contributed by atoms with Gasteiger partial charge in [0.05, 0.1) is 0 Å². The minimum Gasteiger partial charge on any atom is -0.316 e. The summed E-state index contributed by atoms with van der Waals surface area (Å²) in [5, 5.41) is 3.21. The summed E-state index contributed by atoms with van der Waals surface area (Å²) >= 11 is 0. The monoisotopic (exact) mass is 197 g/mol. The third-order valence-electron chi connectivity index (χ3n) is 2.68. The maximum Gasteiger partial charge on any atom is 0.126 e. The predicted octanol–water partition coefficient (Wildman–Crippen LogP) is 2.12. The summed E-state index contributed by atoms with van der Waals surface area (Å²) in [5.74, 6) is -0.197. The van der Waals surface area contributed by atoms with Gasteiger partial charge < -0.3 is 5.32 Å². The molecule has 0 spiro atoms. The highest BCUT2D eigenvalue weighted by Gasteiger charge is 2.16. The molecule has 1 fully saturated rings. The number of hydrogen-bond donors (Lipinski definition) is 1. The number of nitrogens with one attached hydrogen (secondary N) is 1. The van der Waals surface area contributed by atoms with Crippen LogP contribution in [0.1, 0.15) is 12.0 Å². The summed E-state index contributed by atoms with van der Waals surface area (Å²) in [6, 6.07) is 3.66. The molecule has 1 aliphatic heterocycles. The molecule has 14 heavy (non-hydrogen) atoms. The van der Waals surface area contributed by atoms with Crippen LogP contribution in [0.15, 0.2) is 18.2 Å². The van der Waals surface area contributed by atoms with Gasteiger partial charge in [-0.25, -0.2) is 8.78 Å². The van der Waals surface area contributed by atoms with E-state index in [0.717, 1.165) is 25.6 Å². The third-order valence-corrected chi connectivity index (χ3v) is 2.68. The minimum absolute atomic E-state index is 0.293. The number of benzene rings is 1. The Bertz CT molecular complexity index is 319. The van der Waals surface area contributed by atoms with Gasteiger partial charge in [0, 0.05) is 0 Å². The van der Waals surface area contributed by atoms with E-state index in [9.17, 15) is 8.78 Å². The first-order valence-electron chi connectivity index (χ1n) is 4.90. The molecule has 3 heteroatoms. The molecule has 1 nitrogen and oxygen atoms in total. The molecule has 1 unspecified atom stereocenters. The Hall–Kier alpha value is -0.960. The summed E-state index contributed by atoms with van der Waals surface area (Å²) in [6.07, 6.45) is 1.69.